The minimum absolute atomic E-state index is 0.0283. The maximum absolute atomic E-state index is 12.2. The first-order valence-corrected chi connectivity index (χ1v) is 10.0. The van der Waals surface area contributed by atoms with Gasteiger partial charge in [0.05, 0.1) is 6.61 Å². The zero-order chi connectivity index (χ0) is 20.2. The van der Waals surface area contributed by atoms with Crippen LogP contribution in [0.15, 0.2) is 47.6 Å². The average molecular weight is 390 g/mol. The van der Waals surface area contributed by atoms with E-state index in [2.05, 4.69) is 22.1 Å². The molecule has 5 heteroatoms. The number of rotatable bonds is 7. The van der Waals surface area contributed by atoms with Gasteiger partial charge in [0, 0.05) is 30.5 Å². The fourth-order valence-electron chi connectivity index (χ4n) is 3.84. The van der Waals surface area contributed by atoms with Crippen molar-refractivity contribution in [1.82, 2.24) is 4.98 Å². The highest BCUT2D eigenvalue weighted by Crippen LogP contribution is 2.31. The molecule has 3 aromatic rings. The molecule has 1 aliphatic heterocycles. The Bertz CT molecular complexity index is 1020. The number of nitrogens with one attached hydrogen (secondary N) is 1. The third-order valence-corrected chi connectivity index (χ3v) is 5.35. The summed E-state index contributed by atoms with van der Waals surface area (Å²) in [6, 6.07) is 12.4. The van der Waals surface area contributed by atoms with Gasteiger partial charge in [-0.05, 0) is 60.0 Å². The Morgan fingerprint density at radius 1 is 1.24 bits per heavy atom. The number of fused-ring (bicyclic) bond motifs is 1. The Labute approximate surface area is 170 Å². The number of hydrogen-bond donors (Lipinski definition) is 1. The zero-order valence-corrected chi connectivity index (χ0v) is 16.9. The number of carbonyl (C=O) groups excluding carboxylic acids is 1. The van der Waals surface area contributed by atoms with Crippen LogP contribution < -0.4 is 4.74 Å². The molecule has 1 aliphatic rings. The normalized spacial score (nSPS) is 16.7. The number of aryl methyl sites for hydroxylation is 2. The predicted molar refractivity (Wildman–Crippen MR) is 115 cm³/mol. The van der Waals surface area contributed by atoms with E-state index in [1.54, 1.807) is 6.21 Å². The summed E-state index contributed by atoms with van der Waals surface area (Å²) < 4.78 is 11.3. The minimum atomic E-state index is -0.0470. The largest absolute Gasteiger partial charge is 0.485 e. The molecule has 1 fully saturated rings. The van der Waals surface area contributed by atoms with Crippen LogP contribution in [0.1, 0.15) is 34.6 Å². The highest BCUT2D eigenvalue weighted by molar-refractivity contribution is 5.90. The van der Waals surface area contributed by atoms with Crippen molar-refractivity contribution in [2.24, 2.45) is 4.99 Å². The summed E-state index contributed by atoms with van der Waals surface area (Å²) in [6.45, 7) is 5.81. The Hall–Kier alpha value is -2.92. The van der Waals surface area contributed by atoms with Gasteiger partial charge in [-0.25, -0.2) is 0 Å². The molecule has 1 atom stereocenters. The van der Waals surface area contributed by atoms with Crippen LogP contribution in [-0.4, -0.2) is 43.3 Å². The second-order valence-corrected chi connectivity index (χ2v) is 7.67. The van der Waals surface area contributed by atoms with Crippen LogP contribution in [0.2, 0.25) is 0 Å². The maximum Gasteiger partial charge on any atom is 0.191 e. The van der Waals surface area contributed by atoms with Gasteiger partial charge in [-0.15, -0.1) is 0 Å². The van der Waals surface area contributed by atoms with Crippen LogP contribution in [0.5, 0.6) is 5.75 Å². The van der Waals surface area contributed by atoms with Gasteiger partial charge in [0.2, 0.25) is 0 Å². The van der Waals surface area contributed by atoms with Crippen molar-refractivity contribution in [2.75, 3.05) is 26.4 Å². The van der Waals surface area contributed by atoms with Crippen LogP contribution in [-0.2, 0) is 9.53 Å². The number of ether oxygens (including phenoxy) is 2. The van der Waals surface area contributed by atoms with Gasteiger partial charge in [0.15, 0.2) is 5.78 Å². The monoisotopic (exact) mass is 390 g/mol. The summed E-state index contributed by atoms with van der Waals surface area (Å²) in [4.78, 5) is 19.7. The third-order valence-electron chi connectivity index (χ3n) is 5.35. The first kappa shape index (κ1) is 19.4. The van der Waals surface area contributed by atoms with Crippen LogP contribution in [0.25, 0.3) is 10.9 Å². The molecular formula is C24H26N2O3. The van der Waals surface area contributed by atoms with Crippen molar-refractivity contribution in [3.8, 4) is 5.75 Å². The van der Waals surface area contributed by atoms with Gasteiger partial charge >= 0.3 is 0 Å². The lowest BCUT2D eigenvalue weighted by Gasteiger charge is -2.16. The summed E-state index contributed by atoms with van der Waals surface area (Å²) in [6.07, 6.45) is 4.70. The van der Waals surface area contributed by atoms with E-state index in [0.29, 0.717) is 5.92 Å². The van der Waals surface area contributed by atoms with Crippen LogP contribution in [0.3, 0.4) is 0 Å². The molecule has 0 bridgehead atoms. The standard InChI is InChI=1S/C24H26N2O3/c1-16-9-21(20-6-8-28-14-20)10-17(2)24(16)29-15-22(27)13-25-12-18-3-4-19-5-7-26-23(19)11-18/h3-5,7,9-12,20,26H,6,8,13-15H2,1-2H3. The van der Waals surface area contributed by atoms with Gasteiger partial charge in [0.25, 0.3) is 0 Å². The maximum atomic E-state index is 12.2. The van der Waals surface area contributed by atoms with E-state index in [9.17, 15) is 4.79 Å². The molecule has 1 aromatic heterocycles. The van der Waals surface area contributed by atoms with E-state index in [1.807, 2.05) is 44.3 Å². The molecule has 5 nitrogen and oxygen atoms in total. The molecule has 29 heavy (non-hydrogen) atoms. The molecule has 2 heterocycles. The Kier molecular flexibility index (Phi) is 5.76. The molecule has 0 spiro atoms. The van der Waals surface area contributed by atoms with Crippen molar-refractivity contribution >= 4 is 22.9 Å². The SMILES string of the molecule is Cc1cc(C2CCOC2)cc(C)c1OCC(=O)CN=Cc1ccc2cc[nH]c2c1. The second kappa shape index (κ2) is 8.62. The number of aliphatic imine (C=N–C) groups is 1. The highest BCUT2D eigenvalue weighted by atomic mass is 16.5. The molecule has 150 valence electrons. The van der Waals surface area contributed by atoms with Gasteiger partial charge in [-0.2, -0.15) is 0 Å². The van der Waals surface area contributed by atoms with Gasteiger partial charge in [0.1, 0.15) is 18.9 Å². The molecular weight excluding hydrogens is 364 g/mol. The smallest absolute Gasteiger partial charge is 0.191 e. The molecule has 2 aromatic carbocycles. The van der Waals surface area contributed by atoms with E-state index in [-0.39, 0.29) is 18.9 Å². The van der Waals surface area contributed by atoms with E-state index in [0.717, 1.165) is 53.0 Å². The minimum Gasteiger partial charge on any atom is -0.485 e. The van der Waals surface area contributed by atoms with E-state index < -0.39 is 0 Å². The van der Waals surface area contributed by atoms with Crippen LogP contribution >= 0.6 is 0 Å². The molecule has 0 aliphatic carbocycles. The summed E-state index contributed by atoms with van der Waals surface area (Å²) >= 11 is 0. The fourth-order valence-corrected chi connectivity index (χ4v) is 3.84. The summed E-state index contributed by atoms with van der Waals surface area (Å²) in [7, 11) is 0. The summed E-state index contributed by atoms with van der Waals surface area (Å²) in [5.41, 5.74) is 5.43. The van der Waals surface area contributed by atoms with Gasteiger partial charge < -0.3 is 14.5 Å². The predicted octanol–water partition coefficient (Wildman–Crippen LogP) is 4.36. The van der Waals surface area contributed by atoms with Crippen molar-refractivity contribution in [1.29, 1.82) is 0 Å². The third kappa shape index (κ3) is 4.57. The van der Waals surface area contributed by atoms with Crippen LogP contribution in [0.4, 0.5) is 0 Å². The molecule has 0 saturated carbocycles. The Balaban J connectivity index is 1.33. The number of benzene rings is 2. The molecule has 1 saturated heterocycles. The first-order chi connectivity index (χ1) is 14.1. The number of aromatic amines is 1. The lowest BCUT2D eigenvalue weighted by Crippen LogP contribution is -2.15. The number of hydrogen-bond acceptors (Lipinski definition) is 4. The zero-order valence-electron chi connectivity index (χ0n) is 16.9. The van der Waals surface area contributed by atoms with E-state index in [4.69, 9.17) is 9.47 Å². The first-order valence-electron chi connectivity index (χ1n) is 10.0. The summed E-state index contributed by atoms with van der Waals surface area (Å²) in [5, 5.41) is 1.16. The van der Waals surface area contributed by atoms with Crippen molar-refractivity contribution in [3.63, 3.8) is 0 Å². The summed E-state index contributed by atoms with van der Waals surface area (Å²) in [5.74, 6) is 1.21. The molecule has 0 amide bonds. The van der Waals surface area contributed by atoms with Crippen molar-refractivity contribution in [3.05, 3.63) is 64.8 Å². The van der Waals surface area contributed by atoms with Gasteiger partial charge in [-0.3, -0.25) is 9.79 Å². The van der Waals surface area contributed by atoms with Gasteiger partial charge in [-0.1, -0.05) is 24.3 Å². The number of H-pyrrole nitrogens is 1. The molecule has 0 radical (unpaired) electrons. The Morgan fingerprint density at radius 2 is 2.07 bits per heavy atom. The molecule has 4 rings (SSSR count). The van der Waals surface area contributed by atoms with E-state index >= 15 is 0 Å². The van der Waals surface area contributed by atoms with Crippen molar-refractivity contribution < 1.29 is 14.3 Å². The number of carbonyl (C=O) groups is 1. The van der Waals surface area contributed by atoms with E-state index in [1.165, 1.54) is 5.56 Å². The lowest BCUT2D eigenvalue weighted by molar-refractivity contribution is -0.119. The number of ketones is 1. The molecule has 1 unspecified atom stereocenters. The topological polar surface area (TPSA) is 63.7 Å². The number of Topliss-reactive ketones (excluding diaryl/α,β-unsaturated/α-hetero) is 1. The highest BCUT2D eigenvalue weighted by Gasteiger charge is 2.19. The number of aromatic nitrogens is 1. The Morgan fingerprint density at radius 3 is 2.83 bits per heavy atom. The van der Waals surface area contributed by atoms with Crippen LogP contribution in [0, 0.1) is 13.8 Å². The quantitative estimate of drug-likeness (QED) is 0.610. The fraction of sp³-hybridized carbons (Fsp3) is 0.333. The number of nitrogens with zero attached hydrogens (tertiary/aromatic N) is 1. The lowest BCUT2D eigenvalue weighted by atomic mass is 9.94. The van der Waals surface area contributed by atoms with Crippen molar-refractivity contribution in [2.45, 2.75) is 26.2 Å². The molecule has 1 N–H and O–H groups in total. The average Bonchev–Trinajstić information content (AvgIpc) is 3.39. The second-order valence-electron chi connectivity index (χ2n) is 7.67.